The van der Waals surface area contributed by atoms with Crippen LogP contribution in [0.4, 0.5) is 5.69 Å². The van der Waals surface area contributed by atoms with E-state index in [9.17, 15) is 9.59 Å². The first-order valence-electron chi connectivity index (χ1n) is 10.5. The Balaban J connectivity index is 1.76. The summed E-state index contributed by atoms with van der Waals surface area (Å²) in [5.41, 5.74) is 5.53. The number of thiol groups is 1. The molecule has 1 amide bonds. The summed E-state index contributed by atoms with van der Waals surface area (Å²) >= 11 is 4.13. The van der Waals surface area contributed by atoms with E-state index < -0.39 is 0 Å². The predicted molar refractivity (Wildman–Crippen MR) is 134 cm³/mol. The number of hydrogen-bond donors (Lipinski definition) is 3. The van der Waals surface area contributed by atoms with Crippen LogP contribution in [0.15, 0.2) is 71.9 Å². The third kappa shape index (κ3) is 3.89. The smallest absolute Gasteiger partial charge is 0.255 e. The minimum Gasteiger partial charge on any atom is -0.326 e. The number of carbonyl (C=O) groups is 1. The number of aromatic amines is 1. The number of carbonyl (C=O) groups excluding carboxylic acids is 1. The van der Waals surface area contributed by atoms with Gasteiger partial charge in [0.2, 0.25) is 5.91 Å². The SMILES string of the molecule is Cc1ccc(-n2c(=O)ccc3cnc4ccc(-c5cn[nH]c5)cc4c32)cc1NC(=O)CCS. The van der Waals surface area contributed by atoms with Gasteiger partial charge in [0.25, 0.3) is 5.56 Å². The highest BCUT2D eigenvalue weighted by molar-refractivity contribution is 7.80. The van der Waals surface area contributed by atoms with E-state index in [4.69, 9.17) is 0 Å². The van der Waals surface area contributed by atoms with Crippen LogP contribution in [0.5, 0.6) is 0 Å². The molecule has 0 radical (unpaired) electrons. The van der Waals surface area contributed by atoms with Gasteiger partial charge in [-0.15, -0.1) is 0 Å². The van der Waals surface area contributed by atoms with Gasteiger partial charge < -0.3 is 5.32 Å². The first-order chi connectivity index (χ1) is 16.0. The molecule has 2 aromatic carbocycles. The molecule has 0 fully saturated rings. The molecule has 164 valence electrons. The zero-order valence-corrected chi connectivity index (χ0v) is 18.8. The molecule has 0 aliphatic carbocycles. The second kappa shape index (κ2) is 8.55. The summed E-state index contributed by atoms with van der Waals surface area (Å²) in [6, 6.07) is 14.9. The lowest BCUT2D eigenvalue weighted by molar-refractivity contribution is -0.115. The first kappa shape index (κ1) is 21.0. The molecule has 0 aliphatic rings. The number of rotatable bonds is 5. The molecular formula is C25H21N5O2S. The summed E-state index contributed by atoms with van der Waals surface area (Å²) in [6.07, 6.45) is 5.67. The van der Waals surface area contributed by atoms with Crippen LogP contribution in [0.1, 0.15) is 12.0 Å². The van der Waals surface area contributed by atoms with Gasteiger partial charge in [-0.3, -0.25) is 24.2 Å². The van der Waals surface area contributed by atoms with Crippen molar-refractivity contribution in [1.82, 2.24) is 19.7 Å². The molecule has 33 heavy (non-hydrogen) atoms. The van der Waals surface area contributed by atoms with E-state index >= 15 is 0 Å². The van der Waals surface area contributed by atoms with Gasteiger partial charge in [-0.1, -0.05) is 12.1 Å². The molecule has 8 heteroatoms. The highest BCUT2D eigenvalue weighted by Gasteiger charge is 2.13. The van der Waals surface area contributed by atoms with Gasteiger partial charge >= 0.3 is 0 Å². The van der Waals surface area contributed by atoms with Crippen molar-refractivity contribution in [3.8, 4) is 16.8 Å². The van der Waals surface area contributed by atoms with Gasteiger partial charge in [0.15, 0.2) is 0 Å². The lowest BCUT2D eigenvalue weighted by Crippen LogP contribution is -2.19. The number of benzene rings is 2. The number of H-pyrrole nitrogens is 1. The summed E-state index contributed by atoms with van der Waals surface area (Å²) in [7, 11) is 0. The monoisotopic (exact) mass is 455 g/mol. The number of pyridine rings is 2. The Labute approximate surface area is 194 Å². The molecule has 0 atom stereocenters. The second-order valence-corrected chi connectivity index (χ2v) is 8.26. The standard InChI is InChI=1S/C25H21N5O2S/c1-15-2-5-19(11-22(15)29-23(31)8-9-33)30-24(32)7-4-17-12-26-21-6-3-16(10-20(21)25(17)30)18-13-27-28-14-18/h2-7,10-14,33H,8-9H2,1H3,(H,27,28)(H,29,31). The zero-order valence-electron chi connectivity index (χ0n) is 17.9. The Morgan fingerprint density at radius 1 is 1.09 bits per heavy atom. The van der Waals surface area contributed by atoms with Crippen molar-refractivity contribution in [3.63, 3.8) is 0 Å². The Kier molecular flexibility index (Phi) is 5.43. The van der Waals surface area contributed by atoms with E-state index in [1.54, 1.807) is 23.0 Å². The molecule has 3 aromatic heterocycles. The molecule has 0 bridgehead atoms. The summed E-state index contributed by atoms with van der Waals surface area (Å²) < 4.78 is 1.67. The van der Waals surface area contributed by atoms with Crippen LogP contribution in [-0.4, -0.2) is 31.4 Å². The summed E-state index contributed by atoms with van der Waals surface area (Å²) in [6.45, 7) is 1.92. The maximum atomic E-state index is 13.1. The molecule has 0 saturated carbocycles. The predicted octanol–water partition coefficient (Wildman–Crippen LogP) is 4.50. The summed E-state index contributed by atoms with van der Waals surface area (Å²) in [5, 5.41) is 11.5. The van der Waals surface area contributed by atoms with Crippen LogP contribution in [0, 0.1) is 6.92 Å². The van der Waals surface area contributed by atoms with Gasteiger partial charge in [0, 0.05) is 46.9 Å². The van der Waals surface area contributed by atoms with Crippen LogP contribution in [0.3, 0.4) is 0 Å². The average Bonchev–Trinajstić information content (AvgIpc) is 3.35. The van der Waals surface area contributed by atoms with Gasteiger partial charge in [-0.05, 0) is 54.1 Å². The molecule has 0 saturated heterocycles. The zero-order chi connectivity index (χ0) is 22.9. The van der Waals surface area contributed by atoms with E-state index in [2.05, 4.69) is 33.1 Å². The van der Waals surface area contributed by atoms with Crippen LogP contribution in [-0.2, 0) is 4.79 Å². The number of hydrogen-bond acceptors (Lipinski definition) is 5. The van der Waals surface area contributed by atoms with Crippen LogP contribution in [0.25, 0.3) is 38.6 Å². The molecule has 5 rings (SSSR count). The van der Waals surface area contributed by atoms with Crippen molar-refractivity contribution >= 4 is 46.0 Å². The maximum Gasteiger partial charge on any atom is 0.255 e. The van der Waals surface area contributed by atoms with E-state index in [1.165, 1.54) is 6.07 Å². The molecule has 7 nitrogen and oxygen atoms in total. The molecule has 0 aliphatic heterocycles. The third-order valence-corrected chi connectivity index (χ3v) is 5.86. The fourth-order valence-electron chi connectivity index (χ4n) is 3.95. The molecule has 3 heterocycles. The van der Waals surface area contributed by atoms with Gasteiger partial charge in [0.05, 0.1) is 22.9 Å². The van der Waals surface area contributed by atoms with Crippen molar-refractivity contribution in [1.29, 1.82) is 0 Å². The highest BCUT2D eigenvalue weighted by Crippen LogP contribution is 2.30. The van der Waals surface area contributed by atoms with Crippen LogP contribution < -0.4 is 10.9 Å². The summed E-state index contributed by atoms with van der Waals surface area (Å²) in [5.74, 6) is 0.348. The molecule has 0 spiro atoms. The van der Waals surface area contributed by atoms with E-state index in [0.29, 0.717) is 23.5 Å². The lowest BCUT2D eigenvalue weighted by Gasteiger charge is -2.15. The number of amides is 1. The topological polar surface area (TPSA) is 92.7 Å². The molecule has 5 aromatic rings. The second-order valence-electron chi connectivity index (χ2n) is 7.81. The Bertz CT molecular complexity index is 1560. The van der Waals surface area contributed by atoms with Crippen molar-refractivity contribution < 1.29 is 4.79 Å². The molecular weight excluding hydrogens is 434 g/mol. The molecule has 0 unspecified atom stereocenters. The van der Waals surface area contributed by atoms with Crippen molar-refractivity contribution in [2.24, 2.45) is 0 Å². The van der Waals surface area contributed by atoms with E-state index in [1.807, 2.05) is 49.5 Å². The van der Waals surface area contributed by atoms with E-state index in [0.717, 1.165) is 38.5 Å². The van der Waals surface area contributed by atoms with E-state index in [-0.39, 0.29) is 11.5 Å². The lowest BCUT2D eigenvalue weighted by atomic mass is 10.0. The fraction of sp³-hybridized carbons (Fsp3) is 0.120. The number of nitrogens with one attached hydrogen (secondary N) is 2. The Morgan fingerprint density at radius 2 is 1.97 bits per heavy atom. The normalized spacial score (nSPS) is 11.2. The van der Waals surface area contributed by atoms with Crippen LogP contribution in [0.2, 0.25) is 0 Å². The largest absolute Gasteiger partial charge is 0.326 e. The first-order valence-corrected chi connectivity index (χ1v) is 11.1. The van der Waals surface area contributed by atoms with Crippen molar-refractivity contribution in [3.05, 3.63) is 83.0 Å². The summed E-state index contributed by atoms with van der Waals surface area (Å²) in [4.78, 5) is 29.9. The Morgan fingerprint density at radius 3 is 2.76 bits per heavy atom. The highest BCUT2D eigenvalue weighted by atomic mass is 32.1. The third-order valence-electron chi connectivity index (χ3n) is 5.64. The Hall–Kier alpha value is -3.91. The quantitative estimate of drug-likeness (QED) is 0.269. The number of anilines is 1. The van der Waals surface area contributed by atoms with Crippen molar-refractivity contribution in [2.45, 2.75) is 13.3 Å². The van der Waals surface area contributed by atoms with Gasteiger partial charge in [-0.2, -0.15) is 17.7 Å². The number of fused-ring (bicyclic) bond motifs is 3. The minimum atomic E-state index is -0.166. The molecule has 2 N–H and O–H groups in total. The fourth-order valence-corrected chi connectivity index (χ4v) is 4.16. The van der Waals surface area contributed by atoms with Crippen LogP contribution >= 0.6 is 12.6 Å². The average molecular weight is 456 g/mol. The number of aromatic nitrogens is 4. The minimum absolute atomic E-state index is 0.116. The number of aryl methyl sites for hydroxylation is 1. The van der Waals surface area contributed by atoms with Gasteiger partial charge in [0.1, 0.15) is 0 Å². The van der Waals surface area contributed by atoms with Crippen molar-refractivity contribution in [2.75, 3.05) is 11.1 Å². The van der Waals surface area contributed by atoms with Gasteiger partial charge in [-0.25, -0.2) is 0 Å². The number of nitrogens with zero attached hydrogens (tertiary/aromatic N) is 3. The maximum absolute atomic E-state index is 13.1.